The van der Waals surface area contributed by atoms with Gasteiger partial charge in [0, 0.05) is 19.3 Å². The minimum absolute atomic E-state index is 0.0182. The molecule has 17 heteroatoms. The summed E-state index contributed by atoms with van der Waals surface area (Å²) in [6.07, 6.45) is -6.00. The van der Waals surface area contributed by atoms with Crippen LogP contribution in [0.2, 0.25) is 0 Å². The molecule has 0 saturated heterocycles. The quantitative estimate of drug-likeness (QED) is 0.0397. The van der Waals surface area contributed by atoms with Gasteiger partial charge in [0.05, 0.1) is 19.8 Å². The van der Waals surface area contributed by atoms with Crippen molar-refractivity contribution >= 4 is 17.9 Å². The van der Waals surface area contributed by atoms with Crippen LogP contribution in [0.4, 0.5) is 13.2 Å². The van der Waals surface area contributed by atoms with Gasteiger partial charge in [-0.3, -0.25) is 0 Å². The summed E-state index contributed by atoms with van der Waals surface area (Å²) >= 11 is 0. The molecule has 0 spiro atoms. The Labute approximate surface area is 375 Å². The third-order valence-corrected chi connectivity index (χ3v) is 8.68. The number of benzene rings is 4. The molecule has 4 aromatic rings. The molecule has 0 bridgehead atoms. The predicted molar refractivity (Wildman–Crippen MR) is 232 cm³/mol. The summed E-state index contributed by atoms with van der Waals surface area (Å²) in [5.74, 6) is -2.05. The van der Waals surface area contributed by atoms with E-state index < -0.39 is 68.3 Å². The number of alkyl halides is 3. The van der Waals surface area contributed by atoms with Gasteiger partial charge in [-0.2, -0.15) is 13.2 Å². The molecule has 0 fully saturated rings. The first-order chi connectivity index (χ1) is 31.1. The van der Waals surface area contributed by atoms with Crippen LogP contribution in [-0.2, 0) is 50.9 Å². The van der Waals surface area contributed by atoms with Gasteiger partial charge >= 0.3 is 24.1 Å². The molecule has 0 amide bonds. The minimum atomic E-state index is -5.19. The van der Waals surface area contributed by atoms with E-state index in [-0.39, 0.29) is 33.0 Å². The predicted octanol–water partition coefficient (Wildman–Crippen LogP) is 5.68. The number of carbonyl (C=O) groups excluding carboxylic acids is 3. The zero-order chi connectivity index (χ0) is 47.6. The van der Waals surface area contributed by atoms with E-state index in [0.29, 0.717) is 23.7 Å². The molecular weight excluding hydrogens is 858 g/mol. The number of carbonyl (C=O) groups is 3. The van der Waals surface area contributed by atoms with Gasteiger partial charge in [0.25, 0.3) is 0 Å². The smallest absolute Gasteiger partial charge is 0.490 e. The van der Waals surface area contributed by atoms with Crippen molar-refractivity contribution in [1.82, 2.24) is 0 Å². The van der Waals surface area contributed by atoms with Crippen LogP contribution in [-0.4, -0.2) is 124 Å². The first-order valence-electron chi connectivity index (χ1n) is 20.2. The molecule has 0 aliphatic rings. The lowest BCUT2D eigenvalue weighted by Gasteiger charge is -2.20. The summed E-state index contributed by atoms with van der Waals surface area (Å²) in [4.78, 5) is 33.2. The van der Waals surface area contributed by atoms with Crippen molar-refractivity contribution in [2.75, 3.05) is 60.0 Å². The molecule has 4 rings (SSSR count). The molecule has 3 N–H and O–H groups in total. The summed E-state index contributed by atoms with van der Waals surface area (Å²) in [6.45, 7) is 7.10. The molecule has 352 valence electrons. The van der Waals surface area contributed by atoms with Crippen LogP contribution < -0.4 is 14.2 Å². The SMILES string of the molecule is C=CC(=O)OCC(O)COCC(COc1ccc(Cc2ccc(C)cc2)cc1)OC(=O)C(F)(F)F.C=CC(=O)OCC(O)COc1ccc(Cc2ccc(OCC(O)COC)cc2)cc1. The molecule has 0 aliphatic carbocycles. The highest BCUT2D eigenvalue weighted by Gasteiger charge is 2.42. The van der Waals surface area contributed by atoms with E-state index in [4.69, 9.17) is 28.4 Å². The second-order valence-electron chi connectivity index (χ2n) is 14.4. The molecule has 0 heterocycles. The number of aliphatic hydroxyl groups excluding tert-OH is 3. The molecule has 65 heavy (non-hydrogen) atoms. The second kappa shape index (κ2) is 28.5. The average molecular weight is 913 g/mol. The summed E-state index contributed by atoms with van der Waals surface area (Å²) in [5, 5.41) is 29.1. The van der Waals surface area contributed by atoms with E-state index in [1.54, 1.807) is 12.1 Å². The van der Waals surface area contributed by atoms with Gasteiger partial charge in [-0.25, -0.2) is 14.4 Å². The van der Waals surface area contributed by atoms with Crippen molar-refractivity contribution in [3.8, 4) is 17.2 Å². The number of esters is 3. The number of aryl methyl sites for hydroxylation is 1. The third-order valence-electron chi connectivity index (χ3n) is 8.68. The maximum absolute atomic E-state index is 12.6. The molecule has 14 nitrogen and oxygen atoms in total. The molecule has 4 unspecified atom stereocenters. The van der Waals surface area contributed by atoms with Gasteiger partial charge in [0.1, 0.15) is 68.6 Å². The van der Waals surface area contributed by atoms with Crippen molar-refractivity contribution in [1.29, 1.82) is 0 Å². The van der Waals surface area contributed by atoms with E-state index in [0.717, 1.165) is 46.4 Å². The summed E-state index contributed by atoms with van der Waals surface area (Å²) in [7, 11) is 1.53. The molecule has 0 aliphatic heterocycles. The third kappa shape index (κ3) is 22.3. The average Bonchev–Trinajstić information content (AvgIpc) is 3.29. The van der Waals surface area contributed by atoms with Crippen LogP contribution in [0.25, 0.3) is 0 Å². The highest BCUT2D eigenvalue weighted by Crippen LogP contribution is 2.21. The highest BCUT2D eigenvalue weighted by atomic mass is 19.4. The Morgan fingerprint density at radius 2 is 0.923 bits per heavy atom. The Kier molecular flexibility index (Phi) is 23.3. The van der Waals surface area contributed by atoms with Crippen LogP contribution in [0, 0.1) is 6.92 Å². The zero-order valence-corrected chi connectivity index (χ0v) is 36.2. The largest absolute Gasteiger partial charge is 0.491 e. The molecule has 0 saturated carbocycles. The second-order valence-corrected chi connectivity index (χ2v) is 14.4. The van der Waals surface area contributed by atoms with Gasteiger partial charge < -0.3 is 53.2 Å². The normalized spacial score (nSPS) is 12.8. The number of hydrogen-bond acceptors (Lipinski definition) is 14. The summed E-state index contributed by atoms with van der Waals surface area (Å²) in [6, 6.07) is 30.3. The molecule has 4 atom stereocenters. The molecule has 0 aromatic heterocycles. The van der Waals surface area contributed by atoms with Gasteiger partial charge in [-0.05, 0) is 78.4 Å². The molecule has 4 aromatic carbocycles. The Morgan fingerprint density at radius 3 is 1.31 bits per heavy atom. The molecule has 0 radical (unpaired) electrons. The van der Waals surface area contributed by atoms with Crippen LogP contribution in [0.15, 0.2) is 122 Å². The lowest BCUT2D eigenvalue weighted by atomic mass is 10.0. The topological polar surface area (TPSA) is 186 Å². The zero-order valence-electron chi connectivity index (χ0n) is 36.2. The number of hydrogen-bond donors (Lipinski definition) is 3. The standard InChI is InChI=1S/C25H27F3O7.C23H28O7/c1-3-23(30)34-14-20(29)13-32-15-22(35-24(31)25(26,27)28)16-33-21-10-8-19(9-11-21)12-18-6-4-17(2)5-7-18;1-3-23(26)30-16-20(25)15-29-22-10-6-18(7-11-22)12-17-4-8-21(9-5-17)28-14-19(24)13-27-2/h3-11,20,22,29H,1,12-16H2,2H3;3-11,19-20,24-25H,1,12-16H2,2H3. The van der Waals surface area contributed by atoms with Crippen LogP contribution in [0.1, 0.15) is 27.8 Å². The van der Waals surface area contributed by atoms with Crippen LogP contribution >= 0.6 is 0 Å². The van der Waals surface area contributed by atoms with E-state index in [1.807, 2.05) is 91.9 Å². The van der Waals surface area contributed by atoms with Crippen LogP contribution in [0.5, 0.6) is 17.2 Å². The van der Waals surface area contributed by atoms with E-state index in [9.17, 15) is 42.9 Å². The van der Waals surface area contributed by atoms with Gasteiger partial charge in [-0.1, -0.05) is 79.4 Å². The lowest BCUT2D eigenvalue weighted by molar-refractivity contribution is -0.208. The Hall–Kier alpha value is -6.24. The van der Waals surface area contributed by atoms with Gasteiger partial charge in [0.15, 0.2) is 6.10 Å². The first kappa shape index (κ1) is 53.1. The van der Waals surface area contributed by atoms with E-state index in [2.05, 4.69) is 22.6 Å². The van der Waals surface area contributed by atoms with Crippen molar-refractivity contribution in [3.63, 3.8) is 0 Å². The van der Waals surface area contributed by atoms with E-state index in [1.165, 1.54) is 7.11 Å². The van der Waals surface area contributed by atoms with Crippen LogP contribution in [0.3, 0.4) is 0 Å². The number of ether oxygens (including phenoxy) is 8. The highest BCUT2D eigenvalue weighted by molar-refractivity contribution is 5.81. The van der Waals surface area contributed by atoms with Crippen molar-refractivity contribution in [2.24, 2.45) is 0 Å². The van der Waals surface area contributed by atoms with E-state index >= 15 is 0 Å². The number of aliphatic hydroxyl groups is 3. The fourth-order valence-corrected chi connectivity index (χ4v) is 5.34. The maximum atomic E-state index is 12.6. The maximum Gasteiger partial charge on any atom is 0.490 e. The van der Waals surface area contributed by atoms with Crippen molar-refractivity contribution < 1.29 is 80.8 Å². The Morgan fingerprint density at radius 1 is 0.554 bits per heavy atom. The van der Waals surface area contributed by atoms with Gasteiger partial charge in [-0.15, -0.1) is 0 Å². The molecular formula is C48H55F3O14. The minimum Gasteiger partial charge on any atom is -0.491 e. The summed E-state index contributed by atoms with van der Waals surface area (Å²) < 4.78 is 78.2. The first-order valence-corrected chi connectivity index (χ1v) is 20.2. The van der Waals surface area contributed by atoms with Gasteiger partial charge in [0.2, 0.25) is 0 Å². The number of rotatable bonds is 26. The summed E-state index contributed by atoms with van der Waals surface area (Å²) in [5.41, 5.74) is 5.52. The fraction of sp³-hybridized carbons (Fsp3) is 0.354. The van der Waals surface area contributed by atoms with Crippen molar-refractivity contribution in [3.05, 3.63) is 150 Å². The van der Waals surface area contributed by atoms with Crippen molar-refractivity contribution in [2.45, 2.75) is 50.4 Å². The number of methoxy groups -OCH3 is 1. The number of halogens is 3. The Balaban J connectivity index is 0.000000349. The fourth-order valence-electron chi connectivity index (χ4n) is 5.34. The lowest BCUT2D eigenvalue weighted by Crippen LogP contribution is -2.36. The monoisotopic (exact) mass is 912 g/mol. The Bertz CT molecular complexity index is 2020.